The van der Waals surface area contributed by atoms with Crippen LogP contribution < -0.4 is 5.63 Å². The number of phenols is 1. The average molecular weight is 241 g/mol. The van der Waals surface area contributed by atoms with Gasteiger partial charge >= 0.3 is 11.6 Å². The summed E-state index contributed by atoms with van der Waals surface area (Å²) in [5.41, 5.74) is -1.52. The van der Waals surface area contributed by atoms with Gasteiger partial charge in [0.05, 0.1) is 0 Å². The van der Waals surface area contributed by atoms with E-state index in [0.29, 0.717) is 5.39 Å². The molecular formula is C10H5ClO5. The minimum Gasteiger partial charge on any atom is -0.506 e. The molecule has 0 atom stereocenters. The number of rotatable bonds is 1. The summed E-state index contributed by atoms with van der Waals surface area (Å²) in [7, 11) is 0. The van der Waals surface area contributed by atoms with E-state index in [9.17, 15) is 14.7 Å². The van der Waals surface area contributed by atoms with Crippen LogP contribution in [0.1, 0.15) is 10.4 Å². The lowest BCUT2D eigenvalue weighted by Crippen LogP contribution is -2.12. The van der Waals surface area contributed by atoms with Gasteiger partial charge in [0.25, 0.3) is 0 Å². The monoisotopic (exact) mass is 240 g/mol. The zero-order chi connectivity index (χ0) is 11.9. The molecule has 0 radical (unpaired) electrons. The van der Waals surface area contributed by atoms with Crippen LogP contribution >= 0.6 is 11.6 Å². The van der Waals surface area contributed by atoms with E-state index in [1.165, 1.54) is 12.1 Å². The van der Waals surface area contributed by atoms with Crippen molar-refractivity contribution in [1.82, 2.24) is 0 Å². The Morgan fingerprint density at radius 3 is 2.69 bits per heavy atom. The van der Waals surface area contributed by atoms with Gasteiger partial charge in [0.1, 0.15) is 16.3 Å². The quantitative estimate of drug-likeness (QED) is 0.743. The van der Waals surface area contributed by atoms with Crippen molar-refractivity contribution < 1.29 is 19.4 Å². The van der Waals surface area contributed by atoms with E-state index in [4.69, 9.17) is 21.1 Å². The number of phenolic OH excluding ortho intramolecular Hbond substituents is 1. The topological polar surface area (TPSA) is 87.7 Å². The van der Waals surface area contributed by atoms with Crippen molar-refractivity contribution in [1.29, 1.82) is 0 Å². The molecule has 6 heteroatoms. The van der Waals surface area contributed by atoms with Gasteiger partial charge in [0.15, 0.2) is 5.58 Å². The molecule has 16 heavy (non-hydrogen) atoms. The van der Waals surface area contributed by atoms with Gasteiger partial charge in [-0.1, -0.05) is 11.6 Å². The third kappa shape index (κ3) is 1.51. The summed E-state index contributed by atoms with van der Waals surface area (Å²) in [6, 6.07) is 3.84. The second-order valence-corrected chi connectivity index (χ2v) is 3.45. The van der Waals surface area contributed by atoms with Crippen LogP contribution in [0.5, 0.6) is 5.75 Å². The van der Waals surface area contributed by atoms with Crippen LogP contribution in [0.15, 0.2) is 27.4 Å². The van der Waals surface area contributed by atoms with E-state index in [1.54, 1.807) is 0 Å². The first kappa shape index (κ1) is 10.5. The Hall–Kier alpha value is -2.01. The number of carboxylic acids is 1. The standard InChI is InChI=1S/C10H5ClO5/c11-7-6(12)2-1-4-3-5(9(13)14)10(15)16-8(4)7/h1-3,12H,(H,13,14). The van der Waals surface area contributed by atoms with Gasteiger partial charge in [0, 0.05) is 5.39 Å². The van der Waals surface area contributed by atoms with Crippen LogP contribution in [-0.2, 0) is 0 Å². The van der Waals surface area contributed by atoms with Crippen molar-refractivity contribution >= 4 is 28.5 Å². The molecule has 0 saturated heterocycles. The van der Waals surface area contributed by atoms with Crippen LogP contribution in [0, 0.1) is 0 Å². The van der Waals surface area contributed by atoms with Crippen molar-refractivity contribution in [3.05, 3.63) is 39.2 Å². The molecular weight excluding hydrogens is 236 g/mol. The molecule has 1 aromatic heterocycles. The molecule has 5 nitrogen and oxygen atoms in total. The molecule has 0 spiro atoms. The summed E-state index contributed by atoms with van der Waals surface area (Å²) in [6.07, 6.45) is 0. The van der Waals surface area contributed by atoms with Gasteiger partial charge in [-0.15, -0.1) is 0 Å². The fourth-order valence-electron chi connectivity index (χ4n) is 1.29. The highest BCUT2D eigenvalue weighted by Crippen LogP contribution is 2.31. The lowest BCUT2D eigenvalue weighted by molar-refractivity contribution is 0.0692. The second-order valence-electron chi connectivity index (χ2n) is 3.07. The molecule has 0 fully saturated rings. The maximum atomic E-state index is 11.3. The molecule has 2 aromatic rings. The van der Waals surface area contributed by atoms with E-state index in [-0.39, 0.29) is 16.4 Å². The number of fused-ring (bicyclic) bond motifs is 1. The number of aromatic hydroxyl groups is 1. The molecule has 0 aliphatic carbocycles. The predicted octanol–water partition coefficient (Wildman–Crippen LogP) is 1.85. The van der Waals surface area contributed by atoms with Gasteiger partial charge in [-0.25, -0.2) is 9.59 Å². The Labute approximate surface area is 93.5 Å². The molecule has 0 saturated carbocycles. The molecule has 0 aliphatic rings. The number of hydrogen-bond acceptors (Lipinski definition) is 4. The van der Waals surface area contributed by atoms with Gasteiger partial charge in [-0.05, 0) is 18.2 Å². The Morgan fingerprint density at radius 1 is 1.38 bits per heavy atom. The molecule has 0 aliphatic heterocycles. The highest BCUT2D eigenvalue weighted by Gasteiger charge is 2.14. The minimum absolute atomic E-state index is 0.0309. The summed E-state index contributed by atoms with van der Waals surface area (Å²) < 4.78 is 4.74. The lowest BCUT2D eigenvalue weighted by atomic mass is 10.2. The number of carboxylic acid groups (broad SMARTS) is 1. The van der Waals surface area contributed by atoms with Gasteiger partial charge < -0.3 is 14.6 Å². The predicted molar refractivity (Wildman–Crippen MR) is 56.1 cm³/mol. The molecule has 0 bridgehead atoms. The van der Waals surface area contributed by atoms with Gasteiger partial charge in [-0.2, -0.15) is 0 Å². The van der Waals surface area contributed by atoms with Crippen molar-refractivity contribution in [3.8, 4) is 5.75 Å². The Balaban J connectivity index is 2.89. The van der Waals surface area contributed by atoms with Crippen molar-refractivity contribution in [2.24, 2.45) is 0 Å². The molecule has 0 amide bonds. The summed E-state index contributed by atoms with van der Waals surface area (Å²) in [5.74, 6) is -1.61. The minimum atomic E-state index is -1.38. The number of hydrogen-bond donors (Lipinski definition) is 2. The zero-order valence-electron chi connectivity index (χ0n) is 7.73. The Morgan fingerprint density at radius 2 is 2.06 bits per heavy atom. The zero-order valence-corrected chi connectivity index (χ0v) is 8.49. The number of benzene rings is 1. The van der Waals surface area contributed by atoms with Crippen molar-refractivity contribution in [3.63, 3.8) is 0 Å². The largest absolute Gasteiger partial charge is 0.506 e. The maximum Gasteiger partial charge on any atom is 0.351 e. The molecule has 82 valence electrons. The van der Waals surface area contributed by atoms with Gasteiger partial charge in [0.2, 0.25) is 0 Å². The Kier molecular flexibility index (Phi) is 2.32. The van der Waals surface area contributed by atoms with Crippen molar-refractivity contribution in [2.75, 3.05) is 0 Å². The fraction of sp³-hybridized carbons (Fsp3) is 0. The molecule has 1 heterocycles. The second kappa shape index (κ2) is 3.53. The number of aromatic carboxylic acids is 1. The SMILES string of the molecule is O=C(O)c1cc2ccc(O)c(Cl)c2oc1=O. The first-order valence-electron chi connectivity index (χ1n) is 4.19. The number of carbonyl (C=O) groups is 1. The van der Waals surface area contributed by atoms with E-state index in [2.05, 4.69) is 0 Å². The van der Waals surface area contributed by atoms with Crippen LogP contribution in [0.25, 0.3) is 11.0 Å². The normalized spacial score (nSPS) is 10.6. The van der Waals surface area contributed by atoms with E-state index in [0.717, 1.165) is 6.07 Å². The van der Waals surface area contributed by atoms with E-state index in [1.807, 2.05) is 0 Å². The fourth-order valence-corrected chi connectivity index (χ4v) is 1.50. The third-order valence-corrected chi connectivity index (χ3v) is 2.42. The first-order chi connectivity index (χ1) is 7.50. The number of halogens is 1. The van der Waals surface area contributed by atoms with E-state index < -0.39 is 17.2 Å². The summed E-state index contributed by atoms with van der Waals surface area (Å²) in [6.45, 7) is 0. The highest BCUT2D eigenvalue weighted by molar-refractivity contribution is 6.36. The van der Waals surface area contributed by atoms with Crippen LogP contribution in [-0.4, -0.2) is 16.2 Å². The molecule has 1 aromatic carbocycles. The third-order valence-electron chi connectivity index (χ3n) is 2.05. The highest BCUT2D eigenvalue weighted by atomic mass is 35.5. The van der Waals surface area contributed by atoms with Crippen LogP contribution in [0.2, 0.25) is 5.02 Å². The average Bonchev–Trinajstić information content (AvgIpc) is 2.23. The summed E-state index contributed by atoms with van der Waals surface area (Å²) in [4.78, 5) is 21.9. The molecule has 2 rings (SSSR count). The van der Waals surface area contributed by atoms with Gasteiger partial charge in [-0.3, -0.25) is 0 Å². The smallest absolute Gasteiger partial charge is 0.351 e. The van der Waals surface area contributed by atoms with E-state index >= 15 is 0 Å². The lowest BCUT2D eigenvalue weighted by Gasteiger charge is -2.01. The van der Waals surface area contributed by atoms with Crippen LogP contribution in [0.3, 0.4) is 0 Å². The Bertz CT molecular complexity index is 643. The van der Waals surface area contributed by atoms with Crippen molar-refractivity contribution in [2.45, 2.75) is 0 Å². The summed E-state index contributed by atoms with van der Waals surface area (Å²) in [5, 5.41) is 18.2. The summed E-state index contributed by atoms with van der Waals surface area (Å²) >= 11 is 5.70. The maximum absolute atomic E-state index is 11.3. The first-order valence-corrected chi connectivity index (χ1v) is 4.57. The molecule has 2 N–H and O–H groups in total. The van der Waals surface area contributed by atoms with Crippen LogP contribution in [0.4, 0.5) is 0 Å². The molecule has 0 unspecified atom stereocenters.